The summed E-state index contributed by atoms with van der Waals surface area (Å²) in [5.41, 5.74) is 6.29. The van der Waals surface area contributed by atoms with Gasteiger partial charge in [0.15, 0.2) is 0 Å². The Morgan fingerprint density at radius 2 is 1.71 bits per heavy atom. The smallest absolute Gasteiger partial charge is 0.0333 e. The Bertz CT molecular complexity index is 179. The van der Waals surface area contributed by atoms with Gasteiger partial charge in [-0.25, -0.2) is 0 Å². The van der Waals surface area contributed by atoms with Crippen LogP contribution in [0.5, 0.6) is 0 Å². The molecule has 0 bridgehead atoms. The highest BCUT2D eigenvalue weighted by Crippen LogP contribution is 2.42. The van der Waals surface area contributed by atoms with Crippen LogP contribution in [-0.4, -0.2) is 30.1 Å². The average Bonchev–Trinajstić information content (AvgIpc) is 3.03. The minimum atomic E-state index is 0.412. The molecule has 2 saturated carbocycles. The summed E-state index contributed by atoms with van der Waals surface area (Å²) in [5, 5.41) is 0. The van der Waals surface area contributed by atoms with Crippen LogP contribution in [-0.2, 0) is 0 Å². The van der Waals surface area contributed by atoms with E-state index in [4.69, 9.17) is 5.73 Å². The molecule has 14 heavy (non-hydrogen) atoms. The van der Waals surface area contributed by atoms with E-state index in [9.17, 15) is 0 Å². The molecule has 0 aromatic rings. The van der Waals surface area contributed by atoms with Gasteiger partial charge in [0.25, 0.3) is 0 Å². The predicted molar refractivity (Wildman–Crippen MR) is 60.3 cm³/mol. The first-order chi connectivity index (χ1) is 6.78. The number of hydrogen-bond acceptors (Lipinski definition) is 2. The van der Waals surface area contributed by atoms with Crippen LogP contribution in [0.3, 0.4) is 0 Å². The Labute approximate surface area is 87.8 Å². The van der Waals surface area contributed by atoms with Crippen LogP contribution >= 0.6 is 0 Å². The highest BCUT2D eigenvalue weighted by atomic mass is 15.2. The molecule has 0 amide bonds. The monoisotopic (exact) mass is 196 g/mol. The molecule has 0 unspecified atom stereocenters. The van der Waals surface area contributed by atoms with Gasteiger partial charge in [-0.1, -0.05) is 25.7 Å². The molecule has 0 aromatic carbocycles. The van der Waals surface area contributed by atoms with Crippen molar-refractivity contribution in [3.63, 3.8) is 0 Å². The normalized spacial score (nSPS) is 27.6. The highest BCUT2D eigenvalue weighted by Gasteiger charge is 2.46. The van der Waals surface area contributed by atoms with Gasteiger partial charge in [-0.2, -0.15) is 0 Å². The summed E-state index contributed by atoms with van der Waals surface area (Å²) in [6.07, 6.45) is 11.2. The third-order valence-electron chi connectivity index (χ3n) is 4.33. The Kier molecular flexibility index (Phi) is 3.13. The molecule has 2 rings (SSSR count). The number of hydrogen-bond donors (Lipinski definition) is 1. The Morgan fingerprint density at radius 1 is 1.14 bits per heavy atom. The van der Waals surface area contributed by atoms with Crippen LogP contribution in [0.1, 0.15) is 51.4 Å². The molecule has 82 valence electrons. The summed E-state index contributed by atoms with van der Waals surface area (Å²) in [6.45, 7) is 0.861. The molecular formula is C12H24N2. The van der Waals surface area contributed by atoms with E-state index in [-0.39, 0.29) is 0 Å². The molecule has 2 heteroatoms. The van der Waals surface area contributed by atoms with Gasteiger partial charge in [-0.15, -0.1) is 0 Å². The first kappa shape index (κ1) is 10.4. The summed E-state index contributed by atoms with van der Waals surface area (Å²) in [6, 6.07) is 0.823. The Balaban J connectivity index is 1.92. The molecule has 2 N–H and O–H groups in total. The van der Waals surface area contributed by atoms with E-state index in [1.807, 2.05) is 0 Å². The van der Waals surface area contributed by atoms with E-state index in [0.717, 1.165) is 12.6 Å². The van der Waals surface area contributed by atoms with E-state index in [2.05, 4.69) is 11.9 Å². The maximum Gasteiger partial charge on any atom is 0.0333 e. The molecule has 2 aliphatic carbocycles. The Morgan fingerprint density at radius 3 is 2.14 bits per heavy atom. The van der Waals surface area contributed by atoms with Crippen molar-refractivity contribution < 1.29 is 0 Å². The van der Waals surface area contributed by atoms with Gasteiger partial charge in [-0.05, 0) is 32.7 Å². The lowest BCUT2D eigenvalue weighted by Crippen LogP contribution is -2.46. The van der Waals surface area contributed by atoms with Crippen molar-refractivity contribution in [1.82, 2.24) is 4.90 Å². The van der Waals surface area contributed by atoms with Crippen molar-refractivity contribution in [2.45, 2.75) is 62.9 Å². The number of likely N-dealkylation sites (N-methyl/N-ethyl adjacent to an activating group) is 1. The fourth-order valence-corrected chi connectivity index (χ4v) is 2.88. The molecular weight excluding hydrogens is 172 g/mol. The maximum atomic E-state index is 5.87. The van der Waals surface area contributed by atoms with Crippen LogP contribution < -0.4 is 5.73 Å². The van der Waals surface area contributed by atoms with Crippen LogP contribution in [0.15, 0.2) is 0 Å². The fraction of sp³-hybridized carbons (Fsp3) is 1.00. The van der Waals surface area contributed by atoms with Crippen LogP contribution in [0.2, 0.25) is 0 Å². The minimum absolute atomic E-state index is 0.412. The molecule has 2 nitrogen and oxygen atoms in total. The Hall–Kier alpha value is -0.0800. The summed E-state index contributed by atoms with van der Waals surface area (Å²) >= 11 is 0. The summed E-state index contributed by atoms with van der Waals surface area (Å²) < 4.78 is 0. The standard InChI is InChI=1S/C12H24N2/c1-14(12(10-13)8-9-12)11-6-4-2-3-5-7-11/h11H,2-10,13H2,1H3. The van der Waals surface area contributed by atoms with Gasteiger partial charge >= 0.3 is 0 Å². The van der Waals surface area contributed by atoms with Gasteiger partial charge in [-0.3, -0.25) is 4.90 Å². The molecule has 0 saturated heterocycles. The lowest BCUT2D eigenvalue weighted by molar-refractivity contribution is 0.144. The maximum absolute atomic E-state index is 5.87. The summed E-state index contributed by atoms with van der Waals surface area (Å²) in [4.78, 5) is 2.61. The largest absolute Gasteiger partial charge is 0.329 e. The SMILES string of the molecule is CN(C1CCCCCC1)C1(CN)CC1. The third kappa shape index (κ3) is 1.96. The van der Waals surface area contributed by atoms with E-state index >= 15 is 0 Å². The second kappa shape index (κ2) is 4.19. The van der Waals surface area contributed by atoms with Crippen LogP contribution in [0.4, 0.5) is 0 Å². The average molecular weight is 196 g/mol. The van der Waals surface area contributed by atoms with Gasteiger partial charge in [0.1, 0.15) is 0 Å². The molecule has 0 atom stereocenters. The fourth-order valence-electron chi connectivity index (χ4n) is 2.88. The van der Waals surface area contributed by atoms with E-state index in [0.29, 0.717) is 5.54 Å². The quantitative estimate of drug-likeness (QED) is 0.701. The van der Waals surface area contributed by atoms with Crippen molar-refractivity contribution in [2.75, 3.05) is 13.6 Å². The molecule has 2 aliphatic rings. The van der Waals surface area contributed by atoms with Crippen LogP contribution in [0.25, 0.3) is 0 Å². The second-order valence-corrected chi connectivity index (χ2v) is 5.18. The van der Waals surface area contributed by atoms with E-state index < -0.39 is 0 Å². The van der Waals surface area contributed by atoms with Crippen molar-refractivity contribution in [1.29, 1.82) is 0 Å². The summed E-state index contributed by atoms with van der Waals surface area (Å²) in [5.74, 6) is 0. The highest BCUT2D eigenvalue weighted by molar-refractivity contribution is 5.05. The molecule has 0 radical (unpaired) electrons. The van der Waals surface area contributed by atoms with E-state index in [1.165, 1.54) is 51.4 Å². The zero-order chi connectivity index (χ0) is 10.0. The topological polar surface area (TPSA) is 29.3 Å². The zero-order valence-electron chi connectivity index (χ0n) is 9.47. The van der Waals surface area contributed by atoms with Crippen LogP contribution in [0, 0.1) is 0 Å². The lowest BCUT2D eigenvalue weighted by atomic mass is 10.0. The van der Waals surface area contributed by atoms with Crippen molar-refractivity contribution in [3.8, 4) is 0 Å². The van der Waals surface area contributed by atoms with Gasteiger partial charge in [0.05, 0.1) is 0 Å². The molecule has 0 aromatic heterocycles. The van der Waals surface area contributed by atoms with Crippen molar-refractivity contribution >= 4 is 0 Å². The minimum Gasteiger partial charge on any atom is -0.329 e. The summed E-state index contributed by atoms with van der Waals surface area (Å²) in [7, 11) is 2.30. The number of rotatable bonds is 3. The molecule has 2 fully saturated rings. The number of nitrogens with zero attached hydrogens (tertiary/aromatic N) is 1. The van der Waals surface area contributed by atoms with Crippen molar-refractivity contribution in [3.05, 3.63) is 0 Å². The zero-order valence-corrected chi connectivity index (χ0v) is 9.47. The molecule has 0 aliphatic heterocycles. The lowest BCUT2D eigenvalue weighted by Gasteiger charge is -2.34. The van der Waals surface area contributed by atoms with Crippen molar-refractivity contribution in [2.24, 2.45) is 5.73 Å². The predicted octanol–water partition coefficient (Wildman–Crippen LogP) is 2.13. The van der Waals surface area contributed by atoms with Gasteiger partial charge in [0, 0.05) is 18.1 Å². The van der Waals surface area contributed by atoms with Gasteiger partial charge in [0.2, 0.25) is 0 Å². The number of nitrogens with two attached hydrogens (primary N) is 1. The first-order valence-electron chi connectivity index (χ1n) is 6.21. The first-order valence-corrected chi connectivity index (χ1v) is 6.21. The van der Waals surface area contributed by atoms with E-state index in [1.54, 1.807) is 0 Å². The second-order valence-electron chi connectivity index (χ2n) is 5.18. The third-order valence-corrected chi connectivity index (χ3v) is 4.33. The molecule has 0 spiro atoms. The molecule has 0 heterocycles. The van der Waals surface area contributed by atoms with Gasteiger partial charge < -0.3 is 5.73 Å².